The highest BCUT2D eigenvalue weighted by Crippen LogP contribution is 2.35. The Hall–Kier alpha value is -1.16. The first-order valence-electron chi connectivity index (χ1n) is 7.43. The van der Waals surface area contributed by atoms with Crippen molar-refractivity contribution in [1.82, 2.24) is 9.97 Å². The summed E-state index contributed by atoms with van der Waals surface area (Å²) in [6.45, 7) is 6.57. The van der Waals surface area contributed by atoms with E-state index < -0.39 is 0 Å². The monoisotopic (exact) mass is 260 g/mol. The van der Waals surface area contributed by atoms with Gasteiger partial charge in [0.1, 0.15) is 0 Å². The molecule has 2 heterocycles. The van der Waals surface area contributed by atoms with Crippen LogP contribution in [0.5, 0.6) is 0 Å². The van der Waals surface area contributed by atoms with Crippen LogP contribution in [0, 0.1) is 0 Å². The van der Waals surface area contributed by atoms with Gasteiger partial charge in [-0.15, -0.1) is 0 Å². The summed E-state index contributed by atoms with van der Waals surface area (Å²) in [6, 6.07) is 0.352. The second kappa shape index (κ2) is 4.75. The van der Waals surface area contributed by atoms with Crippen molar-refractivity contribution in [2.24, 2.45) is 5.73 Å². The zero-order valence-corrected chi connectivity index (χ0v) is 12.0. The van der Waals surface area contributed by atoms with Gasteiger partial charge in [-0.2, -0.15) is 0 Å². The Kier molecular flexibility index (Phi) is 3.21. The van der Waals surface area contributed by atoms with Crippen molar-refractivity contribution in [3.8, 4) is 0 Å². The minimum absolute atomic E-state index is 0.192. The summed E-state index contributed by atoms with van der Waals surface area (Å²) in [5, 5.41) is 0. The molecule has 1 fully saturated rings. The van der Waals surface area contributed by atoms with E-state index in [1.807, 2.05) is 6.20 Å². The van der Waals surface area contributed by atoms with Crippen molar-refractivity contribution in [2.45, 2.75) is 57.4 Å². The molecular formula is C15H24N4. The van der Waals surface area contributed by atoms with E-state index in [2.05, 4.69) is 23.7 Å². The number of aryl methyl sites for hydroxylation is 1. The standard InChI is InChI=1S/C15H24N4/c1-15(2)7-3-4-11-10-17-14(18-13(11)15)19-8-5-12(16)6-9-19/h10,12H,3-9,16H2,1-2H3. The van der Waals surface area contributed by atoms with E-state index >= 15 is 0 Å². The predicted molar refractivity (Wildman–Crippen MR) is 77.4 cm³/mol. The topological polar surface area (TPSA) is 55.0 Å². The van der Waals surface area contributed by atoms with E-state index in [0.717, 1.165) is 38.3 Å². The van der Waals surface area contributed by atoms with Crippen molar-refractivity contribution < 1.29 is 0 Å². The van der Waals surface area contributed by atoms with Crippen LogP contribution in [-0.4, -0.2) is 29.1 Å². The van der Waals surface area contributed by atoms with Crippen LogP contribution >= 0.6 is 0 Å². The molecule has 104 valence electrons. The number of piperidine rings is 1. The summed E-state index contributed by atoms with van der Waals surface area (Å²) < 4.78 is 0. The third-order valence-electron chi connectivity index (χ3n) is 4.56. The van der Waals surface area contributed by atoms with E-state index in [1.165, 1.54) is 24.1 Å². The van der Waals surface area contributed by atoms with Crippen molar-refractivity contribution in [2.75, 3.05) is 18.0 Å². The molecule has 0 spiro atoms. The Morgan fingerprint density at radius 3 is 2.79 bits per heavy atom. The summed E-state index contributed by atoms with van der Waals surface area (Å²) in [6.07, 6.45) is 7.74. The van der Waals surface area contributed by atoms with Gasteiger partial charge in [-0.1, -0.05) is 13.8 Å². The summed E-state index contributed by atoms with van der Waals surface area (Å²) in [4.78, 5) is 11.8. The van der Waals surface area contributed by atoms with Crippen molar-refractivity contribution >= 4 is 5.95 Å². The Morgan fingerprint density at radius 1 is 1.32 bits per heavy atom. The van der Waals surface area contributed by atoms with Crippen molar-refractivity contribution in [1.29, 1.82) is 0 Å². The molecule has 0 unspecified atom stereocenters. The average Bonchev–Trinajstić information content (AvgIpc) is 2.39. The van der Waals surface area contributed by atoms with E-state index in [0.29, 0.717) is 6.04 Å². The fourth-order valence-electron chi connectivity index (χ4n) is 3.26. The molecule has 3 rings (SSSR count). The number of anilines is 1. The maximum atomic E-state index is 5.96. The molecule has 2 aliphatic rings. The van der Waals surface area contributed by atoms with E-state index in [1.54, 1.807) is 0 Å². The molecular weight excluding hydrogens is 236 g/mol. The van der Waals surface area contributed by atoms with Gasteiger partial charge in [0.05, 0.1) is 5.69 Å². The molecule has 1 aliphatic heterocycles. The average molecular weight is 260 g/mol. The predicted octanol–water partition coefficient (Wildman–Crippen LogP) is 2.02. The number of hydrogen-bond acceptors (Lipinski definition) is 4. The Bertz CT molecular complexity index is 461. The second-order valence-corrected chi connectivity index (χ2v) is 6.61. The van der Waals surface area contributed by atoms with Gasteiger partial charge in [0.15, 0.2) is 0 Å². The highest BCUT2D eigenvalue weighted by Gasteiger charge is 2.30. The number of aromatic nitrogens is 2. The number of hydrogen-bond donors (Lipinski definition) is 1. The van der Waals surface area contributed by atoms with Gasteiger partial charge in [-0.3, -0.25) is 0 Å². The maximum absolute atomic E-state index is 5.96. The molecule has 0 aromatic carbocycles. The number of rotatable bonds is 1. The van der Waals surface area contributed by atoms with E-state index in [9.17, 15) is 0 Å². The molecule has 0 bridgehead atoms. The van der Waals surface area contributed by atoms with Gasteiger partial charge < -0.3 is 10.6 Å². The fraction of sp³-hybridized carbons (Fsp3) is 0.733. The quantitative estimate of drug-likeness (QED) is 0.839. The van der Waals surface area contributed by atoms with Crippen LogP contribution < -0.4 is 10.6 Å². The molecule has 0 amide bonds. The summed E-state index contributed by atoms with van der Waals surface area (Å²) in [5.74, 6) is 0.903. The molecule has 0 radical (unpaired) electrons. The van der Waals surface area contributed by atoms with Crippen molar-refractivity contribution in [3.63, 3.8) is 0 Å². The van der Waals surface area contributed by atoms with Crippen LogP contribution in [0.4, 0.5) is 5.95 Å². The maximum Gasteiger partial charge on any atom is 0.225 e. The first-order chi connectivity index (χ1) is 9.06. The van der Waals surface area contributed by atoms with Crippen LogP contribution in [0.2, 0.25) is 0 Å². The van der Waals surface area contributed by atoms with Gasteiger partial charge >= 0.3 is 0 Å². The van der Waals surface area contributed by atoms with Gasteiger partial charge in [0, 0.05) is 30.7 Å². The summed E-state index contributed by atoms with van der Waals surface area (Å²) >= 11 is 0. The molecule has 0 atom stereocenters. The molecule has 1 saturated heterocycles. The molecule has 1 aromatic rings. The lowest BCUT2D eigenvalue weighted by atomic mass is 9.76. The zero-order chi connectivity index (χ0) is 13.5. The minimum Gasteiger partial charge on any atom is -0.341 e. The summed E-state index contributed by atoms with van der Waals surface area (Å²) in [7, 11) is 0. The van der Waals surface area contributed by atoms with Crippen LogP contribution in [0.3, 0.4) is 0 Å². The Morgan fingerprint density at radius 2 is 2.05 bits per heavy atom. The Balaban J connectivity index is 1.88. The van der Waals surface area contributed by atoms with Crippen LogP contribution in [0.15, 0.2) is 6.20 Å². The molecule has 1 aromatic heterocycles. The second-order valence-electron chi connectivity index (χ2n) is 6.61. The smallest absolute Gasteiger partial charge is 0.225 e. The van der Waals surface area contributed by atoms with E-state index in [4.69, 9.17) is 10.7 Å². The zero-order valence-electron chi connectivity index (χ0n) is 12.0. The lowest BCUT2D eigenvalue weighted by Gasteiger charge is -2.34. The molecule has 0 saturated carbocycles. The Labute approximate surface area is 115 Å². The van der Waals surface area contributed by atoms with Gasteiger partial charge in [-0.25, -0.2) is 9.97 Å². The molecule has 4 nitrogen and oxygen atoms in total. The van der Waals surface area contributed by atoms with Crippen LogP contribution in [-0.2, 0) is 11.8 Å². The minimum atomic E-state index is 0.192. The third-order valence-corrected chi connectivity index (χ3v) is 4.56. The van der Waals surface area contributed by atoms with Crippen LogP contribution in [0.1, 0.15) is 50.8 Å². The molecule has 19 heavy (non-hydrogen) atoms. The normalized spacial score (nSPS) is 23.2. The number of nitrogens with two attached hydrogens (primary N) is 1. The molecule has 4 heteroatoms. The van der Waals surface area contributed by atoms with Gasteiger partial charge in [0.2, 0.25) is 5.95 Å². The first-order valence-corrected chi connectivity index (χ1v) is 7.43. The van der Waals surface area contributed by atoms with Gasteiger partial charge in [0.25, 0.3) is 0 Å². The van der Waals surface area contributed by atoms with Gasteiger partial charge in [-0.05, 0) is 37.7 Å². The lowest BCUT2D eigenvalue weighted by Crippen LogP contribution is -2.41. The number of nitrogens with zero attached hydrogens (tertiary/aromatic N) is 3. The first kappa shape index (κ1) is 12.9. The summed E-state index contributed by atoms with van der Waals surface area (Å²) in [5.41, 5.74) is 8.76. The third kappa shape index (κ3) is 2.46. The lowest BCUT2D eigenvalue weighted by molar-refractivity contribution is 0.414. The highest BCUT2D eigenvalue weighted by molar-refractivity contribution is 5.37. The van der Waals surface area contributed by atoms with Crippen LogP contribution in [0.25, 0.3) is 0 Å². The SMILES string of the molecule is CC1(C)CCCc2cnc(N3CCC(N)CC3)nc21. The highest BCUT2D eigenvalue weighted by atomic mass is 15.3. The van der Waals surface area contributed by atoms with Crippen molar-refractivity contribution in [3.05, 3.63) is 17.5 Å². The molecule has 2 N–H and O–H groups in total. The van der Waals surface area contributed by atoms with E-state index in [-0.39, 0.29) is 5.41 Å². The number of fused-ring (bicyclic) bond motifs is 1. The largest absolute Gasteiger partial charge is 0.341 e. The molecule has 1 aliphatic carbocycles. The fourth-order valence-corrected chi connectivity index (χ4v) is 3.26.